The zero-order valence-corrected chi connectivity index (χ0v) is 12.2. The maximum atomic E-state index is 13.2. The predicted octanol–water partition coefficient (Wildman–Crippen LogP) is 1.62. The van der Waals surface area contributed by atoms with E-state index in [0.29, 0.717) is 0 Å². The number of carbonyl (C=O) groups is 1. The summed E-state index contributed by atoms with van der Waals surface area (Å²) in [6.07, 6.45) is 6.54. The van der Waals surface area contributed by atoms with Gasteiger partial charge in [-0.15, -0.1) is 0 Å². The van der Waals surface area contributed by atoms with Gasteiger partial charge in [0.05, 0.1) is 19.2 Å². The van der Waals surface area contributed by atoms with E-state index in [1.54, 1.807) is 0 Å². The summed E-state index contributed by atoms with van der Waals surface area (Å²) in [5.41, 5.74) is 0.145. The lowest BCUT2D eigenvalue weighted by molar-refractivity contribution is -0.142. The van der Waals surface area contributed by atoms with E-state index >= 15 is 0 Å². The number of amides is 1. The molecule has 5 aliphatic rings. The second-order valence-corrected chi connectivity index (χ2v) is 7.69. The summed E-state index contributed by atoms with van der Waals surface area (Å²) >= 11 is 0. The van der Waals surface area contributed by atoms with Crippen LogP contribution in [0.15, 0.2) is 0 Å². The SMILES string of the molecule is N#CC1C(F)CN1C(=O)CNC12CC3CC(CC(C3)C1)C2. The van der Waals surface area contributed by atoms with Crippen LogP contribution < -0.4 is 5.32 Å². The fourth-order valence-electron chi connectivity index (χ4n) is 5.56. The van der Waals surface area contributed by atoms with Crippen LogP contribution >= 0.6 is 0 Å². The average Bonchev–Trinajstić information content (AvgIpc) is 2.41. The molecule has 0 spiro atoms. The highest BCUT2D eigenvalue weighted by atomic mass is 19.1. The van der Waals surface area contributed by atoms with Gasteiger partial charge in [-0.3, -0.25) is 4.79 Å². The number of hydrogen-bond acceptors (Lipinski definition) is 3. The summed E-state index contributed by atoms with van der Waals surface area (Å²) in [4.78, 5) is 13.6. The molecule has 1 N–H and O–H groups in total. The van der Waals surface area contributed by atoms with Gasteiger partial charge >= 0.3 is 0 Å². The number of carbonyl (C=O) groups excluding carboxylic acids is 1. The molecule has 1 aliphatic heterocycles. The third kappa shape index (κ3) is 2.15. The van der Waals surface area contributed by atoms with Gasteiger partial charge in [-0.2, -0.15) is 5.26 Å². The van der Waals surface area contributed by atoms with Crippen molar-refractivity contribution >= 4 is 5.91 Å². The first kappa shape index (κ1) is 13.5. The lowest BCUT2D eigenvalue weighted by Gasteiger charge is -2.57. The Morgan fingerprint density at radius 1 is 1.24 bits per heavy atom. The molecule has 5 heteroatoms. The van der Waals surface area contributed by atoms with Gasteiger partial charge in [0, 0.05) is 5.54 Å². The minimum atomic E-state index is -1.17. The molecule has 5 rings (SSSR count). The van der Waals surface area contributed by atoms with Crippen molar-refractivity contribution in [2.45, 2.75) is 56.3 Å². The average molecular weight is 291 g/mol. The smallest absolute Gasteiger partial charge is 0.237 e. The van der Waals surface area contributed by atoms with Crippen molar-refractivity contribution in [3.63, 3.8) is 0 Å². The summed E-state index contributed by atoms with van der Waals surface area (Å²) in [5, 5.41) is 12.4. The van der Waals surface area contributed by atoms with Crippen molar-refractivity contribution in [3.8, 4) is 6.07 Å². The predicted molar refractivity (Wildman–Crippen MR) is 74.9 cm³/mol. The number of rotatable bonds is 3. The first-order valence-electron chi connectivity index (χ1n) is 8.17. The quantitative estimate of drug-likeness (QED) is 0.859. The van der Waals surface area contributed by atoms with Gasteiger partial charge in [0.2, 0.25) is 5.91 Å². The highest BCUT2D eigenvalue weighted by Crippen LogP contribution is 2.55. The van der Waals surface area contributed by atoms with E-state index in [1.807, 2.05) is 6.07 Å². The van der Waals surface area contributed by atoms with Gasteiger partial charge in [0.1, 0.15) is 0 Å². The van der Waals surface area contributed by atoms with Crippen LogP contribution in [0, 0.1) is 29.1 Å². The molecule has 2 atom stereocenters. The Bertz CT molecular complexity index is 465. The summed E-state index contributed by atoms with van der Waals surface area (Å²) in [6.45, 7) is 0.344. The molecule has 2 unspecified atom stereocenters. The maximum absolute atomic E-state index is 13.2. The minimum Gasteiger partial charge on any atom is -0.320 e. The molecule has 114 valence electrons. The molecular formula is C16H22FN3O. The zero-order chi connectivity index (χ0) is 14.6. The summed E-state index contributed by atoms with van der Waals surface area (Å²) in [6, 6.07) is 1.01. The van der Waals surface area contributed by atoms with E-state index in [0.717, 1.165) is 17.8 Å². The summed E-state index contributed by atoms with van der Waals surface area (Å²) in [7, 11) is 0. The van der Waals surface area contributed by atoms with Gasteiger partial charge in [0.25, 0.3) is 0 Å². The molecular weight excluding hydrogens is 269 g/mol. The Labute approximate surface area is 124 Å². The second-order valence-electron chi connectivity index (χ2n) is 7.69. The van der Waals surface area contributed by atoms with Crippen LogP contribution in [-0.2, 0) is 4.79 Å². The molecule has 1 amide bonds. The van der Waals surface area contributed by atoms with Gasteiger partial charge in [-0.25, -0.2) is 4.39 Å². The van der Waals surface area contributed by atoms with Gasteiger partial charge in [0.15, 0.2) is 12.2 Å². The van der Waals surface area contributed by atoms with E-state index in [1.165, 1.54) is 43.4 Å². The fraction of sp³-hybridized carbons (Fsp3) is 0.875. The molecule has 1 saturated heterocycles. The van der Waals surface area contributed by atoms with Crippen LogP contribution in [0.4, 0.5) is 4.39 Å². The van der Waals surface area contributed by atoms with Crippen molar-refractivity contribution in [1.29, 1.82) is 5.26 Å². The van der Waals surface area contributed by atoms with Crippen LogP contribution in [0.1, 0.15) is 38.5 Å². The highest BCUT2D eigenvalue weighted by molar-refractivity contribution is 5.80. The molecule has 5 fully saturated rings. The largest absolute Gasteiger partial charge is 0.320 e. The second kappa shape index (κ2) is 4.67. The number of nitriles is 1. The molecule has 4 saturated carbocycles. The van der Waals surface area contributed by atoms with E-state index in [2.05, 4.69) is 5.32 Å². The van der Waals surface area contributed by atoms with E-state index < -0.39 is 12.2 Å². The Hall–Kier alpha value is -1.15. The Balaban J connectivity index is 1.37. The van der Waals surface area contributed by atoms with Crippen molar-refractivity contribution in [3.05, 3.63) is 0 Å². The molecule has 4 nitrogen and oxygen atoms in total. The molecule has 21 heavy (non-hydrogen) atoms. The van der Waals surface area contributed by atoms with E-state index in [4.69, 9.17) is 5.26 Å². The fourth-order valence-corrected chi connectivity index (χ4v) is 5.56. The van der Waals surface area contributed by atoms with Crippen LogP contribution in [0.5, 0.6) is 0 Å². The molecule has 0 aromatic carbocycles. The number of hydrogen-bond donors (Lipinski definition) is 1. The van der Waals surface area contributed by atoms with E-state index in [-0.39, 0.29) is 24.5 Å². The number of alkyl halides is 1. The number of halogens is 1. The van der Waals surface area contributed by atoms with Crippen LogP contribution in [0.25, 0.3) is 0 Å². The molecule has 4 bridgehead atoms. The Morgan fingerprint density at radius 3 is 2.29 bits per heavy atom. The van der Waals surface area contributed by atoms with Gasteiger partial charge < -0.3 is 10.2 Å². The number of likely N-dealkylation sites (tertiary alicyclic amines) is 1. The molecule has 1 heterocycles. The Morgan fingerprint density at radius 2 is 1.81 bits per heavy atom. The highest BCUT2D eigenvalue weighted by Gasteiger charge is 2.51. The zero-order valence-electron chi connectivity index (χ0n) is 12.2. The first-order valence-corrected chi connectivity index (χ1v) is 8.17. The van der Waals surface area contributed by atoms with Crippen molar-refractivity contribution < 1.29 is 9.18 Å². The lowest BCUT2D eigenvalue weighted by atomic mass is 9.53. The van der Waals surface area contributed by atoms with Crippen LogP contribution in [-0.4, -0.2) is 41.6 Å². The van der Waals surface area contributed by atoms with Crippen molar-refractivity contribution in [2.24, 2.45) is 17.8 Å². The molecule has 0 radical (unpaired) electrons. The lowest BCUT2D eigenvalue weighted by Crippen LogP contribution is -2.64. The maximum Gasteiger partial charge on any atom is 0.237 e. The number of nitrogens with zero attached hydrogens (tertiary/aromatic N) is 2. The standard InChI is InChI=1S/C16H22FN3O/c17-13-9-20(14(13)7-18)15(21)8-19-16-4-10-1-11(5-16)3-12(2-10)6-16/h10-14,19H,1-6,8-9H2. The van der Waals surface area contributed by atoms with Crippen LogP contribution in [0.3, 0.4) is 0 Å². The van der Waals surface area contributed by atoms with E-state index in [9.17, 15) is 9.18 Å². The van der Waals surface area contributed by atoms with Crippen LogP contribution in [0.2, 0.25) is 0 Å². The first-order chi connectivity index (χ1) is 10.1. The monoisotopic (exact) mass is 291 g/mol. The molecule has 0 aromatic rings. The molecule has 0 aromatic heterocycles. The minimum absolute atomic E-state index is 0.0830. The summed E-state index contributed by atoms with van der Waals surface area (Å²) < 4.78 is 13.2. The number of nitrogens with one attached hydrogen (secondary N) is 1. The normalized spacial score (nSPS) is 47.0. The molecule has 4 aliphatic carbocycles. The Kier molecular flexibility index (Phi) is 3.01. The topological polar surface area (TPSA) is 56.1 Å². The third-order valence-corrected chi connectivity index (χ3v) is 6.15. The van der Waals surface area contributed by atoms with Gasteiger partial charge in [-0.05, 0) is 56.3 Å². The third-order valence-electron chi connectivity index (χ3n) is 6.15. The van der Waals surface area contributed by atoms with Crippen molar-refractivity contribution in [2.75, 3.05) is 13.1 Å². The summed E-state index contributed by atoms with van der Waals surface area (Å²) in [5.74, 6) is 2.39. The van der Waals surface area contributed by atoms with Crippen molar-refractivity contribution in [1.82, 2.24) is 10.2 Å². The van der Waals surface area contributed by atoms with Gasteiger partial charge in [-0.1, -0.05) is 0 Å².